The Bertz CT molecular complexity index is 836. The predicted octanol–water partition coefficient (Wildman–Crippen LogP) is 3.06. The van der Waals surface area contributed by atoms with Gasteiger partial charge in [-0.2, -0.15) is 8.78 Å². The molecule has 128 valence electrons. The van der Waals surface area contributed by atoms with Gasteiger partial charge in [-0.25, -0.2) is 18.6 Å². The summed E-state index contributed by atoms with van der Waals surface area (Å²) in [5.41, 5.74) is 2.66. The first-order valence-corrected chi connectivity index (χ1v) is 7.01. The smallest absolute Gasteiger partial charge is 0.387 e. The Morgan fingerprint density at radius 1 is 1.33 bits per heavy atom. The molecule has 1 aromatic heterocycles. The summed E-state index contributed by atoms with van der Waals surface area (Å²) in [4.78, 5) is 14.5. The number of nitrogen functional groups attached to an aromatic ring is 1. The van der Waals surface area contributed by atoms with E-state index in [-0.39, 0.29) is 0 Å². The van der Waals surface area contributed by atoms with Crippen molar-refractivity contribution in [1.29, 1.82) is 0 Å². The minimum absolute atomic E-state index is 0.417. The molecule has 3 N–H and O–H groups in total. The third kappa shape index (κ3) is 3.22. The number of pyridine rings is 1. The first-order chi connectivity index (χ1) is 11.1. The van der Waals surface area contributed by atoms with Gasteiger partial charge in [-0.05, 0) is 12.1 Å². The lowest BCUT2D eigenvalue weighted by atomic mass is 10.1. The van der Waals surface area contributed by atoms with Crippen LogP contribution in [0.2, 0.25) is 5.02 Å². The van der Waals surface area contributed by atoms with Gasteiger partial charge in [-0.3, -0.25) is 0 Å². The molecule has 2 rings (SSSR count). The monoisotopic (exact) mass is 382 g/mol. The van der Waals surface area contributed by atoms with Crippen LogP contribution in [0.4, 0.5) is 23.2 Å². The van der Waals surface area contributed by atoms with Gasteiger partial charge in [0, 0.05) is 10.9 Å². The number of alkyl halides is 2. The van der Waals surface area contributed by atoms with Crippen LogP contribution >= 0.6 is 20.8 Å². The highest BCUT2D eigenvalue weighted by Gasteiger charge is 2.25. The maximum Gasteiger partial charge on any atom is 0.387 e. The topological polar surface area (TPSA) is 85.4 Å². The van der Waals surface area contributed by atoms with Crippen LogP contribution in [0.1, 0.15) is 10.5 Å². The number of nitrogens with two attached hydrogens (primary N) is 1. The Labute approximate surface area is 139 Å². The minimum Gasteiger partial charge on any atom is -0.476 e. The number of aromatic carboxylic acids is 1. The zero-order valence-electron chi connectivity index (χ0n) is 11.5. The number of anilines is 1. The fraction of sp³-hybridized carbons (Fsp3) is 0.0769. The summed E-state index contributed by atoms with van der Waals surface area (Å²) in [6, 6.07) is 1.87. The highest BCUT2D eigenvalue weighted by atomic mass is 35.5. The first-order valence-electron chi connectivity index (χ1n) is 6.06. The molecule has 0 aliphatic carbocycles. The molecule has 0 fully saturated rings. The minimum atomic E-state index is -3.19. The number of nitrogens with zero attached hydrogens (tertiary/aromatic N) is 1. The number of hydrogen-bond acceptors (Lipinski definition) is 4. The maximum atomic E-state index is 14.4. The van der Waals surface area contributed by atoms with Crippen molar-refractivity contribution in [1.82, 2.24) is 4.98 Å². The van der Waals surface area contributed by atoms with Crippen LogP contribution in [0.5, 0.6) is 5.75 Å². The number of ether oxygens (including phenoxy) is 1. The number of benzene rings is 1. The summed E-state index contributed by atoms with van der Waals surface area (Å²) < 4.78 is 57.2. The van der Waals surface area contributed by atoms with Crippen LogP contribution in [0.15, 0.2) is 12.1 Å². The lowest BCUT2D eigenvalue weighted by molar-refractivity contribution is -0.0492. The van der Waals surface area contributed by atoms with Gasteiger partial charge in [-0.15, -0.1) is 0 Å². The standard InChI is InChI=1S/C13H8ClF4N2O3P/c14-5-8(19)7(16)9(20-10(5)12(21)22)3-1-2-4(23-13(17)18)11(24)6(3)15/h1-2,13H,24H2,(H2,19,20)(H,21,22). The second-order valence-electron chi connectivity index (χ2n) is 4.37. The SMILES string of the molecule is Nc1c(F)c(-c2ccc(OC(F)F)c(P)c2F)nc(C(=O)O)c1Cl. The molecule has 1 aromatic carbocycles. The Morgan fingerprint density at radius 2 is 1.96 bits per heavy atom. The maximum absolute atomic E-state index is 14.4. The van der Waals surface area contributed by atoms with E-state index >= 15 is 0 Å². The van der Waals surface area contributed by atoms with Crippen molar-refractivity contribution in [3.8, 4) is 17.0 Å². The molecule has 0 aliphatic rings. The first kappa shape index (κ1) is 18.2. The third-order valence-electron chi connectivity index (χ3n) is 2.93. The van der Waals surface area contributed by atoms with E-state index in [2.05, 4.69) is 9.72 Å². The summed E-state index contributed by atoms with van der Waals surface area (Å²) in [5.74, 6) is -4.48. The summed E-state index contributed by atoms with van der Waals surface area (Å²) in [7, 11) is 1.83. The molecule has 1 heterocycles. The van der Waals surface area contributed by atoms with Gasteiger partial charge in [0.2, 0.25) is 0 Å². The predicted molar refractivity (Wildman–Crippen MR) is 81.9 cm³/mol. The summed E-state index contributed by atoms with van der Waals surface area (Å²) >= 11 is 5.60. The van der Waals surface area contributed by atoms with E-state index in [9.17, 15) is 22.4 Å². The number of aromatic nitrogens is 1. The highest BCUT2D eigenvalue weighted by molar-refractivity contribution is 7.27. The van der Waals surface area contributed by atoms with E-state index in [1.165, 1.54) is 0 Å². The van der Waals surface area contributed by atoms with Crippen molar-refractivity contribution < 1.29 is 32.2 Å². The van der Waals surface area contributed by atoms with E-state index < -0.39 is 62.9 Å². The Hall–Kier alpha value is -2.12. The summed E-state index contributed by atoms with van der Waals surface area (Å²) in [6.45, 7) is -3.19. The molecule has 0 saturated carbocycles. The molecule has 0 radical (unpaired) electrons. The number of carbonyl (C=O) groups is 1. The fourth-order valence-electron chi connectivity index (χ4n) is 1.84. The Morgan fingerprint density at radius 3 is 2.50 bits per heavy atom. The van der Waals surface area contributed by atoms with E-state index in [0.717, 1.165) is 12.1 Å². The fourth-order valence-corrected chi connectivity index (χ4v) is 2.36. The molecule has 0 bridgehead atoms. The van der Waals surface area contributed by atoms with Gasteiger partial charge in [0.25, 0.3) is 0 Å². The largest absolute Gasteiger partial charge is 0.476 e. The second kappa shape index (κ2) is 6.78. The van der Waals surface area contributed by atoms with Gasteiger partial charge in [0.15, 0.2) is 11.5 Å². The number of hydrogen-bond donors (Lipinski definition) is 2. The molecule has 11 heteroatoms. The molecule has 5 nitrogen and oxygen atoms in total. The van der Waals surface area contributed by atoms with Crippen LogP contribution in [0.25, 0.3) is 11.3 Å². The normalized spacial score (nSPS) is 11.0. The molecular weight excluding hydrogens is 375 g/mol. The molecular formula is C13H8ClF4N2O3P. The van der Waals surface area contributed by atoms with Gasteiger partial charge in [0.1, 0.15) is 17.3 Å². The van der Waals surface area contributed by atoms with Gasteiger partial charge in [0.05, 0.1) is 10.7 Å². The third-order valence-corrected chi connectivity index (χ3v) is 3.85. The lowest BCUT2D eigenvalue weighted by Crippen LogP contribution is -2.13. The second-order valence-corrected chi connectivity index (χ2v) is 5.33. The van der Waals surface area contributed by atoms with Gasteiger partial charge < -0.3 is 15.6 Å². The van der Waals surface area contributed by atoms with Crippen molar-refractivity contribution in [2.24, 2.45) is 0 Å². The summed E-state index contributed by atoms with van der Waals surface area (Å²) in [6.07, 6.45) is 0. The number of halogens is 5. The highest BCUT2D eigenvalue weighted by Crippen LogP contribution is 2.34. The summed E-state index contributed by atoms with van der Waals surface area (Å²) in [5, 5.41) is 7.94. The average Bonchev–Trinajstić information content (AvgIpc) is 2.50. The van der Waals surface area contributed by atoms with Crippen molar-refractivity contribution >= 4 is 37.8 Å². The Kier molecular flexibility index (Phi) is 5.15. The molecule has 1 unspecified atom stereocenters. The van der Waals surface area contributed by atoms with Crippen molar-refractivity contribution in [2.45, 2.75) is 6.61 Å². The van der Waals surface area contributed by atoms with Gasteiger partial charge >= 0.3 is 12.6 Å². The number of rotatable bonds is 4. The number of carboxylic acid groups (broad SMARTS) is 1. The molecule has 0 amide bonds. The van der Waals surface area contributed by atoms with Crippen LogP contribution in [-0.2, 0) is 0 Å². The van der Waals surface area contributed by atoms with Crippen LogP contribution in [-0.4, -0.2) is 22.7 Å². The Balaban J connectivity index is 2.69. The quantitative estimate of drug-likeness (QED) is 0.627. The van der Waals surface area contributed by atoms with E-state index in [1.54, 1.807) is 0 Å². The van der Waals surface area contributed by atoms with Crippen molar-refractivity contribution in [2.75, 3.05) is 5.73 Å². The van der Waals surface area contributed by atoms with Gasteiger partial charge in [-0.1, -0.05) is 20.8 Å². The molecule has 0 aliphatic heterocycles. The molecule has 24 heavy (non-hydrogen) atoms. The van der Waals surface area contributed by atoms with Crippen LogP contribution in [0.3, 0.4) is 0 Å². The lowest BCUT2D eigenvalue weighted by Gasteiger charge is -2.13. The molecule has 2 aromatic rings. The van der Waals surface area contributed by atoms with Crippen molar-refractivity contribution in [3.63, 3.8) is 0 Å². The van der Waals surface area contributed by atoms with Crippen molar-refractivity contribution in [3.05, 3.63) is 34.5 Å². The average molecular weight is 383 g/mol. The van der Waals surface area contributed by atoms with Crippen LogP contribution < -0.4 is 15.8 Å². The van der Waals surface area contributed by atoms with Crippen LogP contribution in [0, 0.1) is 11.6 Å². The zero-order valence-corrected chi connectivity index (χ0v) is 13.4. The van der Waals surface area contributed by atoms with E-state index in [1.807, 2.05) is 9.24 Å². The molecule has 0 saturated heterocycles. The van der Waals surface area contributed by atoms with E-state index in [0.29, 0.717) is 0 Å². The number of carboxylic acids is 1. The zero-order chi connectivity index (χ0) is 18.2. The molecule has 0 spiro atoms. The van der Waals surface area contributed by atoms with E-state index in [4.69, 9.17) is 22.4 Å². The molecule has 1 atom stereocenters.